The van der Waals surface area contributed by atoms with Gasteiger partial charge >= 0.3 is 12.1 Å². The van der Waals surface area contributed by atoms with E-state index in [1.54, 1.807) is 26.8 Å². The van der Waals surface area contributed by atoms with Gasteiger partial charge in [-0.1, -0.05) is 0 Å². The third-order valence-electron chi connectivity index (χ3n) is 2.61. The number of esters is 1. The van der Waals surface area contributed by atoms with Crippen LogP contribution < -0.4 is 5.32 Å². The number of nitrogens with one attached hydrogen (secondary N) is 2. The Bertz CT molecular complexity index is 702. The number of nitrogens with zero attached hydrogens (tertiary/aromatic N) is 2. The summed E-state index contributed by atoms with van der Waals surface area (Å²) in [5.41, 5.74) is 0.803. The van der Waals surface area contributed by atoms with Crippen molar-refractivity contribution in [2.75, 3.05) is 7.11 Å². The van der Waals surface area contributed by atoms with E-state index < -0.39 is 17.7 Å². The minimum Gasteiger partial charge on any atom is -0.465 e. The van der Waals surface area contributed by atoms with Crippen molar-refractivity contribution in [3.05, 3.63) is 23.7 Å². The van der Waals surface area contributed by atoms with Gasteiger partial charge in [0, 0.05) is 6.20 Å². The molecule has 22 heavy (non-hydrogen) atoms. The molecule has 0 saturated heterocycles. The van der Waals surface area contributed by atoms with Gasteiger partial charge in [0.1, 0.15) is 11.4 Å². The summed E-state index contributed by atoms with van der Waals surface area (Å²) >= 11 is 0. The summed E-state index contributed by atoms with van der Waals surface area (Å²) in [4.78, 5) is 34.3. The maximum absolute atomic E-state index is 11.6. The highest BCUT2D eigenvalue weighted by Gasteiger charge is 2.16. The largest absolute Gasteiger partial charge is 0.465 e. The zero-order chi connectivity index (χ0) is 16.3. The Morgan fingerprint density at radius 1 is 1.36 bits per heavy atom. The standard InChI is InChI=1S/C14H18N4O4/c1-14(2,3)22-13(20)16-7-10-17-9-5-8(12(19)21-4)6-15-11(9)18-10/h5-6H,7H2,1-4H3,(H,16,20)(H,15,17,18). The molecule has 0 spiro atoms. The monoisotopic (exact) mass is 306 g/mol. The summed E-state index contributed by atoms with van der Waals surface area (Å²) in [6, 6.07) is 1.60. The van der Waals surface area contributed by atoms with E-state index in [0.717, 1.165) is 0 Å². The third-order valence-corrected chi connectivity index (χ3v) is 2.61. The lowest BCUT2D eigenvalue weighted by atomic mass is 10.2. The predicted molar refractivity (Wildman–Crippen MR) is 78.3 cm³/mol. The second-order valence-corrected chi connectivity index (χ2v) is 5.63. The molecule has 8 heteroatoms. The molecule has 0 radical (unpaired) electrons. The maximum atomic E-state index is 11.6. The number of methoxy groups -OCH3 is 1. The van der Waals surface area contributed by atoms with Gasteiger partial charge in [-0.2, -0.15) is 0 Å². The van der Waals surface area contributed by atoms with E-state index in [4.69, 9.17) is 4.74 Å². The van der Waals surface area contributed by atoms with Crippen molar-refractivity contribution in [1.29, 1.82) is 0 Å². The van der Waals surface area contributed by atoms with Crippen LogP contribution in [0.3, 0.4) is 0 Å². The normalized spacial score (nSPS) is 11.3. The van der Waals surface area contributed by atoms with E-state index in [1.807, 2.05) is 0 Å². The lowest BCUT2D eigenvalue weighted by molar-refractivity contribution is 0.0521. The zero-order valence-electron chi connectivity index (χ0n) is 12.9. The minimum atomic E-state index is -0.561. The summed E-state index contributed by atoms with van der Waals surface area (Å²) in [7, 11) is 1.30. The molecule has 0 unspecified atom stereocenters. The van der Waals surface area contributed by atoms with Crippen LogP contribution in [0, 0.1) is 0 Å². The number of hydrogen-bond donors (Lipinski definition) is 2. The Labute approximate surface area is 127 Å². The number of aromatic nitrogens is 3. The summed E-state index contributed by atoms with van der Waals surface area (Å²) in [6.45, 7) is 5.52. The maximum Gasteiger partial charge on any atom is 0.408 e. The van der Waals surface area contributed by atoms with Crippen LogP contribution >= 0.6 is 0 Å². The summed E-state index contributed by atoms with van der Waals surface area (Å²) < 4.78 is 9.76. The van der Waals surface area contributed by atoms with Crippen LogP contribution in [0.4, 0.5) is 4.79 Å². The molecule has 2 heterocycles. The van der Waals surface area contributed by atoms with Crippen LogP contribution in [0.15, 0.2) is 12.3 Å². The molecule has 2 N–H and O–H groups in total. The number of aromatic amines is 1. The molecule has 2 aromatic rings. The Morgan fingerprint density at radius 2 is 2.09 bits per heavy atom. The molecule has 0 aliphatic heterocycles. The average molecular weight is 306 g/mol. The molecule has 0 aliphatic rings. The van der Waals surface area contributed by atoms with E-state index in [2.05, 4.69) is 25.0 Å². The van der Waals surface area contributed by atoms with Crippen LogP contribution in [0.25, 0.3) is 11.2 Å². The predicted octanol–water partition coefficient (Wildman–Crippen LogP) is 1.77. The second kappa shape index (κ2) is 6.00. The minimum absolute atomic E-state index is 0.166. The summed E-state index contributed by atoms with van der Waals surface area (Å²) in [5.74, 6) is 0.0350. The van der Waals surface area contributed by atoms with Crippen LogP contribution in [-0.2, 0) is 16.0 Å². The lowest BCUT2D eigenvalue weighted by Crippen LogP contribution is -2.32. The number of ether oxygens (including phenoxy) is 2. The molecule has 2 rings (SSSR count). The van der Waals surface area contributed by atoms with Gasteiger partial charge in [-0.15, -0.1) is 0 Å². The van der Waals surface area contributed by atoms with E-state index in [-0.39, 0.29) is 6.54 Å². The molecule has 1 amide bonds. The first-order chi connectivity index (χ1) is 10.3. The van der Waals surface area contributed by atoms with Crippen molar-refractivity contribution < 1.29 is 19.1 Å². The number of imidazole rings is 1. The first-order valence-electron chi connectivity index (χ1n) is 6.68. The van der Waals surface area contributed by atoms with E-state index in [0.29, 0.717) is 22.6 Å². The van der Waals surface area contributed by atoms with Crippen LogP contribution in [0.5, 0.6) is 0 Å². The Hall–Kier alpha value is -2.64. The van der Waals surface area contributed by atoms with Crippen molar-refractivity contribution in [1.82, 2.24) is 20.3 Å². The fourth-order valence-electron chi connectivity index (χ4n) is 1.73. The van der Waals surface area contributed by atoms with Crippen LogP contribution in [-0.4, -0.2) is 39.7 Å². The number of hydrogen-bond acceptors (Lipinski definition) is 6. The van der Waals surface area contributed by atoms with Gasteiger partial charge in [-0.25, -0.2) is 19.6 Å². The van der Waals surface area contributed by atoms with Gasteiger partial charge in [-0.3, -0.25) is 0 Å². The third kappa shape index (κ3) is 3.94. The SMILES string of the molecule is COC(=O)c1cnc2nc(CNC(=O)OC(C)(C)C)[nH]c2c1. The molecular weight excluding hydrogens is 288 g/mol. The van der Waals surface area contributed by atoms with Crippen LogP contribution in [0.1, 0.15) is 37.0 Å². The van der Waals surface area contributed by atoms with E-state index in [1.165, 1.54) is 13.3 Å². The van der Waals surface area contributed by atoms with Gasteiger partial charge in [-0.05, 0) is 26.8 Å². The van der Waals surface area contributed by atoms with Gasteiger partial charge in [0.05, 0.1) is 24.7 Å². The first kappa shape index (κ1) is 15.7. The number of H-pyrrole nitrogens is 1. The van der Waals surface area contributed by atoms with Crippen molar-refractivity contribution >= 4 is 23.2 Å². The number of carbonyl (C=O) groups is 2. The average Bonchev–Trinajstić information content (AvgIpc) is 2.84. The highest BCUT2D eigenvalue weighted by atomic mass is 16.6. The molecule has 0 atom stereocenters. The Morgan fingerprint density at radius 3 is 2.73 bits per heavy atom. The Balaban J connectivity index is 2.07. The topological polar surface area (TPSA) is 106 Å². The van der Waals surface area contributed by atoms with Gasteiger partial charge in [0.2, 0.25) is 0 Å². The second-order valence-electron chi connectivity index (χ2n) is 5.63. The van der Waals surface area contributed by atoms with E-state index in [9.17, 15) is 9.59 Å². The van der Waals surface area contributed by atoms with Gasteiger partial charge < -0.3 is 19.8 Å². The number of amides is 1. The lowest BCUT2D eigenvalue weighted by Gasteiger charge is -2.19. The number of rotatable bonds is 3. The van der Waals surface area contributed by atoms with Gasteiger partial charge in [0.15, 0.2) is 5.65 Å². The molecule has 0 saturated carbocycles. The molecule has 2 aromatic heterocycles. The fraction of sp³-hybridized carbons (Fsp3) is 0.429. The smallest absolute Gasteiger partial charge is 0.408 e. The van der Waals surface area contributed by atoms with Crippen molar-refractivity contribution in [3.63, 3.8) is 0 Å². The number of carbonyl (C=O) groups excluding carboxylic acids is 2. The molecule has 8 nitrogen and oxygen atoms in total. The number of alkyl carbamates (subject to hydrolysis) is 1. The summed E-state index contributed by atoms with van der Waals surface area (Å²) in [5, 5.41) is 2.59. The quantitative estimate of drug-likeness (QED) is 0.837. The molecule has 0 aromatic carbocycles. The molecule has 0 fully saturated rings. The van der Waals surface area contributed by atoms with Crippen molar-refractivity contribution in [3.8, 4) is 0 Å². The highest BCUT2D eigenvalue weighted by Crippen LogP contribution is 2.12. The zero-order valence-corrected chi connectivity index (χ0v) is 12.9. The van der Waals surface area contributed by atoms with Crippen LogP contribution in [0.2, 0.25) is 0 Å². The fourth-order valence-corrected chi connectivity index (χ4v) is 1.73. The number of pyridine rings is 1. The molecule has 118 valence electrons. The van der Waals surface area contributed by atoms with Gasteiger partial charge in [0.25, 0.3) is 0 Å². The Kier molecular flexibility index (Phi) is 4.30. The molecular formula is C14H18N4O4. The molecule has 0 aliphatic carbocycles. The molecule has 0 bridgehead atoms. The highest BCUT2D eigenvalue weighted by molar-refractivity contribution is 5.92. The van der Waals surface area contributed by atoms with Crippen molar-refractivity contribution in [2.24, 2.45) is 0 Å². The van der Waals surface area contributed by atoms with Crippen molar-refractivity contribution in [2.45, 2.75) is 32.9 Å². The van der Waals surface area contributed by atoms with E-state index >= 15 is 0 Å². The number of fused-ring (bicyclic) bond motifs is 1. The first-order valence-corrected chi connectivity index (χ1v) is 6.68. The summed E-state index contributed by atoms with van der Waals surface area (Å²) in [6.07, 6.45) is 0.858.